The topological polar surface area (TPSA) is 47.9 Å². The largest absolute Gasteiger partial charge is 0.382 e. The van der Waals surface area contributed by atoms with Crippen molar-refractivity contribution in [3.05, 3.63) is 0 Å². The van der Waals surface area contributed by atoms with Crippen molar-refractivity contribution in [2.45, 2.75) is 25.4 Å². The van der Waals surface area contributed by atoms with Gasteiger partial charge in [0.2, 0.25) is 0 Å². The lowest BCUT2D eigenvalue weighted by atomic mass is 10.0. The summed E-state index contributed by atoms with van der Waals surface area (Å²) >= 11 is 0. The normalized spacial score (nSPS) is 41.8. The second kappa shape index (κ2) is 2.42. The molecule has 3 heterocycles. The summed E-state index contributed by atoms with van der Waals surface area (Å²) in [6.45, 7) is 5.09. The fourth-order valence-corrected chi connectivity index (χ4v) is 1.48. The molecule has 3 aliphatic heterocycles. The van der Waals surface area contributed by atoms with Gasteiger partial charge in [-0.05, 0) is 13.8 Å². The van der Waals surface area contributed by atoms with Crippen molar-refractivity contribution >= 4 is 0 Å². The van der Waals surface area contributed by atoms with Gasteiger partial charge in [0.15, 0.2) is 0 Å². The second-order valence-electron chi connectivity index (χ2n) is 3.91. The Balaban J connectivity index is 2.19. The van der Waals surface area contributed by atoms with E-state index < -0.39 is 11.6 Å². The van der Waals surface area contributed by atoms with Gasteiger partial charge in [-0.1, -0.05) is 0 Å². The van der Waals surface area contributed by atoms with Crippen molar-refractivity contribution in [2.75, 3.05) is 19.8 Å². The molecule has 4 nitrogen and oxygen atoms in total. The third-order valence-electron chi connectivity index (χ3n) is 2.28. The quantitative estimate of drug-likeness (QED) is 0.612. The summed E-state index contributed by atoms with van der Waals surface area (Å²) in [5.74, 6) is -0.892. The van der Waals surface area contributed by atoms with Gasteiger partial charge in [0.1, 0.15) is 5.60 Å². The molecule has 0 radical (unpaired) electrons. The van der Waals surface area contributed by atoms with Crippen LogP contribution >= 0.6 is 0 Å². The molecule has 0 amide bonds. The minimum atomic E-state index is -1.22. The SMILES string of the molecule is CC(C)(O)C12OCC(CO1)CO2. The fourth-order valence-electron chi connectivity index (χ4n) is 1.48. The molecular weight excluding hydrogens is 160 g/mol. The Morgan fingerprint density at radius 1 is 1.17 bits per heavy atom. The first-order valence-electron chi connectivity index (χ1n) is 4.18. The molecular formula is C8H14O4. The lowest BCUT2D eigenvalue weighted by Gasteiger charge is -2.50. The lowest BCUT2D eigenvalue weighted by molar-refractivity contribution is -0.490. The number of ether oxygens (including phenoxy) is 3. The average Bonchev–Trinajstić information content (AvgIpc) is 2.06. The third kappa shape index (κ3) is 1.07. The van der Waals surface area contributed by atoms with Crippen LogP contribution in [-0.4, -0.2) is 36.5 Å². The Morgan fingerprint density at radius 3 is 1.83 bits per heavy atom. The fraction of sp³-hybridized carbons (Fsp3) is 1.00. The first-order valence-corrected chi connectivity index (χ1v) is 4.18. The molecule has 0 aromatic rings. The summed E-state index contributed by atoms with van der Waals surface area (Å²) in [5.41, 5.74) is -1.11. The zero-order chi connectivity index (χ0) is 8.82. The number of aliphatic hydroxyl groups is 1. The third-order valence-corrected chi connectivity index (χ3v) is 2.28. The van der Waals surface area contributed by atoms with E-state index in [9.17, 15) is 5.11 Å². The first kappa shape index (κ1) is 8.44. The van der Waals surface area contributed by atoms with Crippen LogP contribution in [0.4, 0.5) is 0 Å². The van der Waals surface area contributed by atoms with Gasteiger partial charge in [0.25, 0.3) is 0 Å². The molecule has 0 aromatic heterocycles. The van der Waals surface area contributed by atoms with E-state index >= 15 is 0 Å². The van der Waals surface area contributed by atoms with Crippen LogP contribution in [0.5, 0.6) is 0 Å². The molecule has 70 valence electrons. The predicted molar refractivity (Wildman–Crippen MR) is 40.4 cm³/mol. The Kier molecular flexibility index (Phi) is 1.70. The van der Waals surface area contributed by atoms with Crippen LogP contribution in [0.2, 0.25) is 0 Å². The summed E-state index contributed by atoms with van der Waals surface area (Å²) in [4.78, 5) is 0. The molecule has 0 aliphatic carbocycles. The summed E-state index contributed by atoms with van der Waals surface area (Å²) in [6, 6.07) is 0. The molecule has 3 fully saturated rings. The highest BCUT2D eigenvalue weighted by molar-refractivity contribution is 4.86. The van der Waals surface area contributed by atoms with E-state index in [1.807, 2.05) is 0 Å². The van der Waals surface area contributed by atoms with E-state index in [1.165, 1.54) is 0 Å². The van der Waals surface area contributed by atoms with Crippen molar-refractivity contribution in [3.8, 4) is 0 Å². The van der Waals surface area contributed by atoms with E-state index in [4.69, 9.17) is 14.2 Å². The Morgan fingerprint density at radius 2 is 1.58 bits per heavy atom. The standard InChI is InChI=1S/C8H14O4/c1-7(2,9)8-10-3-6(4-11-8)5-12-8/h6,9H,3-5H2,1-2H3. The Labute approximate surface area is 71.4 Å². The summed E-state index contributed by atoms with van der Waals surface area (Å²) in [7, 11) is 0. The highest BCUT2D eigenvalue weighted by Crippen LogP contribution is 2.37. The van der Waals surface area contributed by atoms with Gasteiger partial charge in [-0.2, -0.15) is 0 Å². The minimum absolute atomic E-state index is 0.328. The van der Waals surface area contributed by atoms with Gasteiger partial charge >= 0.3 is 5.97 Å². The summed E-state index contributed by atoms with van der Waals surface area (Å²) in [5, 5.41) is 9.74. The van der Waals surface area contributed by atoms with Gasteiger partial charge in [0.05, 0.1) is 19.8 Å². The Hall–Kier alpha value is -0.160. The van der Waals surface area contributed by atoms with Crippen molar-refractivity contribution < 1.29 is 19.3 Å². The molecule has 0 unspecified atom stereocenters. The molecule has 0 atom stereocenters. The highest BCUT2D eigenvalue weighted by Gasteiger charge is 2.54. The minimum Gasteiger partial charge on any atom is -0.382 e. The van der Waals surface area contributed by atoms with Gasteiger partial charge in [-0.15, -0.1) is 0 Å². The van der Waals surface area contributed by atoms with Crippen molar-refractivity contribution in [3.63, 3.8) is 0 Å². The van der Waals surface area contributed by atoms with E-state index in [2.05, 4.69) is 0 Å². The molecule has 3 rings (SSSR count). The Bertz CT molecular complexity index is 162. The smallest absolute Gasteiger partial charge is 0.313 e. The molecule has 0 aromatic carbocycles. The number of fused-ring (bicyclic) bond motifs is 3. The average molecular weight is 174 g/mol. The van der Waals surface area contributed by atoms with Crippen LogP contribution in [0, 0.1) is 5.92 Å². The van der Waals surface area contributed by atoms with E-state index in [1.54, 1.807) is 13.8 Å². The van der Waals surface area contributed by atoms with Gasteiger partial charge < -0.3 is 19.3 Å². The van der Waals surface area contributed by atoms with Crippen LogP contribution in [0.15, 0.2) is 0 Å². The molecule has 1 N–H and O–H groups in total. The molecule has 3 saturated heterocycles. The van der Waals surface area contributed by atoms with Gasteiger partial charge in [-0.3, -0.25) is 0 Å². The molecule has 0 spiro atoms. The number of rotatable bonds is 1. The second-order valence-corrected chi connectivity index (χ2v) is 3.91. The zero-order valence-electron chi connectivity index (χ0n) is 7.37. The number of hydrogen-bond donors (Lipinski definition) is 1. The van der Waals surface area contributed by atoms with Crippen LogP contribution < -0.4 is 0 Å². The van der Waals surface area contributed by atoms with Gasteiger partial charge in [-0.25, -0.2) is 0 Å². The maximum atomic E-state index is 9.74. The van der Waals surface area contributed by atoms with Crippen LogP contribution in [0.25, 0.3) is 0 Å². The molecule has 3 aliphatic rings. The number of hydrogen-bond acceptors (Lipinski definition) is 4. The summed E-state index contributed by atoms with van der Waals surface area (Å²) in [6.07, 6.45) is 0. The molecule has 4 heteroatoms. The maximum Gasteiger partial charge on any atom is 0.313 e. The maximum absolute atomic E-state index is 9.74. The van der Waals surface area contributed by atoms with Crippen LogP contribution in [0.1, 0.15) is 13.8 Å². The lowest BCUT2D eigenvalue weighted by Crippen LogP contribution is -2.64. The van der Waals surface area contributed by atoms with Crippen molar-refractivity contribution in [1.29, 1.82) is 0 Å². The van der Waals surface area contributed by atoms with Crippen molar-refractivity contribution in [2.24, 2.45) is 5.92 Å². The predicted octanol–water partition coefficient (Wildman–Crippen LogP) is 0.104. The molecule has 12 heavy (non-hydrogen) atoms. The van der Waals surface area contributed by atoms with Gasteiger partial charge in [0, 0.05) is 5.92 Å². The van der Waals surface area contributed by atoms with Crippen molar-refractivity contribution in [1.82, 2.24) is 0 Å². The summed E-state index contributed by atoms with van der Waals surface area (Å²) < 4.78 is 16.0. The van der Waals surface area contributed by atoms with E-state index in [0.717, 1.165) is 0 Å². The monoisotopic (exact) mass is 174 g/mol. The molecule has 2 bridgehead atoms. The molecule has 0 saturated carbocycles. The zero-order valence-corrected chi connectivity index (χ0v) is 7.37. The van der Waals surface area contributed by atoms with E-state index in [-0.39, 0.29) is 0 Å². The van der Waals surface area contributed by atoms with Crippen LogP contribution in [-0.2, 0) is 14.2 Å². The van der Waals surface area contributed by atoms with Crippen LogP contribution in [0.3, 0.4) is 0 Å². The highest BCUT2D eigenvalue weighted by atomic mass is 16.9. The van der Waals surface area contributed by atoms with E-state index in [0.29, 0.717) is 25.7 Å². The first-order chi connectivity index (χ1) is 5.54.